The van der Waals surface area contributed by atoms with Crippen LogP contribution in [0.3, 0.4) is 0 Å². The fourth-order valence-corrected chi connectivity index (χ4v) is 2.02. The Balaban J connectivity index is 2.89. The lowest BCUT2D eigenvalue weighted by Gasteiger charge is -2.22. The summed E-state index contributed by atoms with van der Waals surface area (Å²) in [5.41, 5.74) is 1.92. The summed E-state index contributed by atoms with van der Waals surface area (Å²) in [6.07, 6.45) is 0. The molecule has 0 aliphatic heterocycles. The first-order valence-electron chi connectivity index (χ1n) is 6.45. The van der Waals surface area contributed by atoms with Gasteiger partial charge in [-0.25, -0.2) is 0 Å². The third-order valence-corrected chi connectivity index (χ3v) is 3.01. The second-order valence-electron chi connectivity index (χ2n) is 4.09. The van der Waals surface area contributed by atoms with Gasteiger partial charge in [0.25, 0.3) is 0 Å². The van der Waals surface area contributed by atoms with Gasteiger partial charge in [0.05, 0.1) is 0 Å². The molecule has 0 fully saturated rings. The number of hydrogen-bond acceptors (Lipinski definition) is 3. The summed E-state index contributed by atoms with van der Waals surface area (Å²) in [7, 11) is 0. The minimum Gasteiger partial charge on any atom is -0.480 e. The standard InChI is InChI=1S/C14H22N2O2/c1-4-15-13(14(17)18)11-7-9-12(10-8-11)16(5-2)6-3/h7-10,13,15H,4-6H2,1-3H3,(H,17,18). The Bertz CT molecular complexity index is 372. The van der Waals surface area contributed by atoms with E-state index in [1.54, 1.807) is 0 Å². The van der Waals surface area contributed by atoms with E-state index in [0.29, 0.717) is 6.54 Å². The van der Waals surface area contributed by atoms with Crippen LogP contribution in [0.25, 0.3) is 0 Å². The summed E-state index contributed by atoms with van der Waals surface area (Å²) in [5, 5.41) is 12.1. The second kappa shape index (κ2) is 7.01. The van der Waals surface area contributed by atoms with Gasteiger partial charge in [-0.2, -0.15) is 0 Å². The lowest BCUT2D eigenvalue weighted by atomic mass is 10.1. The van der Waals surface area contributed by atoms with Crippen LogP contribution in [0.5, 0.6) is 0 Å². The first-order chi connectivity index (χ1) is 8.63. The Morgan fingerprint density at radius 3 is 2.17 bits per heavy atom. The zero-order chi connectivity index (χ0) is 13.5. The number of rotatable bonds is 7. The fraction of sp³-hybridized carbons (Fsp3) is 0.500. The van der Waals surface area contributed by atoms with Crippen molar-refractivity contribution in [2.24, 2.45) is 0 Å². The first kappa shape index (κ1) is 14.5. The Kier molecular flexibility index (Phi) is 5.65. The number of benzene rings is 1. The highest BCUT2D eigenvalue weighted by Crippen LogP contribution is 2.19. The largest absolute Gasteiger partial charge is 0.480 e. The Morgan fingerprint density at radius 1 is 1.22 bits per heavy atom. The highest BCUT2D eigenvalue weighted by atomic mass is 16.4. The van der Waals surface area contributed by atoms with E-state index in [0.717, 1.165) is 24.3 Å². The van der Waals surface area contributed by atoms with Crippen LogP contribution in [0.15, 0.2) is 24.3 Å². The molecule has 4 nitrogen and oxygen atoms in total. The summed E-state index contributed by atoms with van der Waals surface area (Å²) in [6.45, 7) is 8.65. The van der Waals surface area contributed by atoms with E-state index in [4.69, 9.17) is 5.11 Å². The Morgan fingerprint density at radius 2 is 1.78 bits per heavy atom. The van der Waals surface area contributed by atoms with E-state index in [-0.39, 0.29) is 0 Å². The van der Waals surface area contributed by atoms with Crippen LogP contribution in [-0.4, -0.2) is 30.7 Å². The molecule has 1 unspecified atom stereocenters. The van der Waals surface area contributed by atoms with E-state index in [2.05, 4.69) is 24.1 Å². The minimum absolute atomic E-state index is 0.624. The molecule has 1 atom stereocenters. The molecular weight excluding hydrogens is 228 g/mol. The van der Waals surface area contributed by atoms with Crippen LogP contribution in [0.2, 0.25) is 0 Å². The molecule has 0 aliphatic carbocycles. The van der Waals surface area contributed by atoms with E-state index in [1.165, 1.54) is 0 Å². The van der Waals surface area contributed by atoms with Gasteiger partial charge in [0.1, 0.15) is 6.04 Å². The molecule has 18 heavy (non-hydrogen) atoms. The number of nitrogens with one attached hydrogen (secondary N) is 1. The molecule has 1 aromatic carbocycles. The van der Waals surface area contributed by atoms with Crippen molar-refractivity contribution in [3.8, 4) is 0 Å². The van der Waals surface area contributed by atoms with Gasteiger partial charge in [0.15, 0.2) is 0 Å². The zero-order valence-corrected chi connectivity index (χ0v) is 11.3. The number of carboxylic acids is 1. The number of likely N-dealkylation sites (N-methyl/N-ethyl adjacent to an activating group) is 1. The summed E-state index contributed by atoms with van der Waals surface area (Å²) in [5.74, 6) is -0.840. The average molecular weight is 250 g/mol. The van der Waals surface area contributed by atoms with E-state index in [1.807, 2.05) is 31.2 Å². The third-order valence-electron chi connectivity index (χ3n) is 3.01. The van der Waals surface area contributed by atoms with Gasteiger partial charge in [-0.05, 0) is 38.1 Å². The summed E-state index contributed by atoms with van der Waals surface area (Å²) in [4.78, 5) is 13.4. The molecule has 0 amide bonds. The molecule has 0 aromatic heterocycles. The predicted molar refractivity (Wildman–Crippen MR) is 74.1 cm³/mol. The molecule has 1 rings (SSSR count). The molecule has 0 spiro atoms. The van der Waals surface area contributed by atoms with Crippen molar-refractivity contribution in [2.45, 2.75) is 26.8 Å². The lowest BCUT2D eigenvalue weighted by molar-refractivity contribution is -0.139. The highest BCUT2D eigenvalue weighted by molar-refractivity contribution is 5.75. The fourth-order valence-electron chi connectivity index (χ4n) is 2.02. The molecule has 0 radical (unpaired) electrons. The van der Waals surface area contributed by atoms with Crippen LogP contribution >= 0.6 is 0 Å². The number of aliphatic carboxylic acids is 1. The first-order valence-corrected chi connectivity index (χ1v) is 6.45. The van der Waals surface area contributed by atoms with Crippen LogP contribution in [-0.2, 0) is 4.79 Å². The lowest BCUT2D eigenvalue weighted by Crippen LogP contribution is -2.28. The van der Waals surface area contributed by atoms with Gasteiger partial charge in [-0.3, -0.25) is 4.79 Å². The van der Waals surface area contributed by atoms with Gasteiger partial charge in [-0.15, -0.1) is 0 Å². The molecule has 2 N–H and O–H groups in total. The minimum atomic E-state index is -0.840. The summed E-state index contributed by atoms with van der Waals surface area (Å²) < 4.78 is 0. The molecule has 0 saturated carbocycles. The highest BCUT2D eigenvalue weighted by Gasteiger charge is 2.18. The maximum absolute atomic E-state index is 11.1. The van der Waals surface area contributed by atoms with Gasteiger partial charge < -0.3 is 15.3 Å². The van der Waals surface area contributed by atoms with Crippen molar-refractivity contribution >= 4 is 11.7 Å². The summed E-state index contributed by atoms with van der Waals surface area (Å²) in [6, 6.07) is 7.11. The number of anilines is 1. The topological polar surface area (TPSA) is 52.6 Å². The molecule has 0 aliphatic rings. The smallest absolute Gasteiger partial charge is 0.325 e. The van der Waals surface area contributed by atoms with E-state index >= 15 is 0 Å². The maximum atomic E-state index is 11.1. The van der Waals surface area contributed by atoms with Crippen LogP contribution in [0.4, 0.5) is 5.69 Å². The number of carboxylic acid groups (broad SMARTS) is 1. The van der Waals surface area contributed by atoms with Crippen molar-refractivity contribution in [1.82, 2.24) is 5.32 Å². The van der Waals surface area contributed by atoms with Crippen LogP contribution in [0, 0.1) is 0 Å². The normalized spacial score (nSPS) is 12.2. The maximum Gasteiger partial charge on any atom is 0.325 e. The molecule has 4 heteroatoms. The van der Waals surface area contributed by atoms with Crippen molar-refractivity contribution < 1.29 is 9.90 Å². The molecule has 1 aromatic rings. The SMILES string of the molecule is CCNC(C(=O)O)c1ccc(N(CC)CC)cc1. The van der Waals surface area contributed by atoms with Crippen molar-refractivity contribution in [2.75, 3.05) is 24.5 Å². The molecule has 0 heterocycles. The number of hydrogen-bond donors (Lipinski definition) is 2. The van der Waals surface area contributed by atoms with Gasteiger partial charge in [0.2, 0.25) is 0 Å². The Hall–Kier alpha value is -1.55. The molecule has 0 saturated heterocycles. The number of carbonyl (C=O) groups is 1. The van der Waals surface area contributed by atoms with E-state index in [9.17, 15) is 4.79 Å². The van der Waals surface area contributed by atoms with Crippen LogP contribution in [0.1, 0.15) is 32.4 Å². The zero-order valence-electron chi connectivity index (χ0n) is 11.3. The Labute approximate surface area is 109 Å². The average Bonchev–Trinajstić information content (AvgIpc) is 2.38. The molecule has 0 bridgehead atoms. The number of nitrogens with zero attached hydrogens (tertiary/aromatic N) is 1. The summed E-state index contributed by atoms with van der Waals surface area (Å²) >= 11 is 0. The molecule has 100 valence electrons. The second-order valence-corrected chi connectivity index (χ2v) is 4.09. The third kappa shape index (κ3) is 3.47. The quantitative estimate of drug-likeness (QED) is 0.779. The monoisotopic (exact) mass is 250 g/mol. The van der Waals surface area contributed by atoms with Gasteiger partial charge >= 0.3 is 5.97 Å². The van der Waals surface area contributed by atoms with Crippen LogP contribution < -0.4 is 10.2 Å². The van der Waals surface area contributed by atoms with Crippen molar-refractivity contribution in [1.29, 1.82) is 0 Å². The predicted octanol–water partition coefficient (Wildman–Crippen LogP) is 2.27. The molecular formula is C14H22N2O2. The van der Waals surface area contributed by atoms with Gasteiger partial charge in [0, 0.05) is 18.8 Å². The van der Waals surface area contributed by atoms with E-state index < -0.39 is 12.0 Å². The van der Waals surface area contributed by atoms with Crippen molar-refractivity contribution in [3.63, 3.8) is 0 Å². The van der Waals surface area contributed by atoms with Crippen molar-refractivity contribution in [3.05, 3.63) is 29.8 Å². The van der Waals surface area contributed by atoms with Gasteiger partial charge in [-0.1, -0.05) is 19.1 Å².